The summed E-state index contributed by atoms with van der Waals surface area (Å²) >= 11 is 0. The monoisotopic (exact) mass is 916 g/mol. The van der Waals surface area contributed by atoms with Gasteiger partial charge >= 0.3 is 23.9 Å². The van der Waals surface area contributed by atoms with Gasteiger partial charge in [0.15, 0.2) is 0 Å². The topological polar surface area (TPSA) is 141 Å². The number of fused-ring (bicyclic) bond motifs is 1. The molecule has 3 heterocycles. The van der Waals surface area contributed by atoms with E-state index in [1.54, 1.807) is 24.3 Å². The third-order valence-corrected chi connectivity index (χ3v) is 14.5. The molecular formula is C55H85N3O8. The fourth-order valence-corrected chi connectivity index (χ4v) is 12.7. The molecule has 3 N–H and O–H groups in total. The molecule has 4 aliphatic rings. The highest BCUT2D eigenvalue weighted by Gasteiger charge is 2.41. The van der Waals surface area contributed by atoms with Gasteiger partial charge in [-0.3, -0.25) is 0 Å². The molecule has 11 heteroatoms. The molecule has 11 nitrogen and oxygen atoms in total. The van der Waals surface area contributed by atoms with Crippen LogP contribution in [0, 0.1) is 10.8 Å². The molecule has 3 aliphatic heterocycles. The van der Waals surface area contributed by atoms with E-state index in [1.807, 2.05) is 0 Å². The maximum absolute atomic E-state index is 14.6. The molecule has 2 aromatic rings. The Balaban J connectivity index is 1.44. The highest BCUT2D eigenvalue weighted by Crippen LogP contribution is 2.45. The molecule has 4 atom stereocenters. The van der Waals surface area contributed by atoms with Gasteiger partial charge in [0.25, 0.3) is 0 Å². The van der Waals surface area contributed by atoms with Crippen molar-refractivity contribution in [3.05, 3.63) is 46.5 Å². The Bertz CT molecular complexity index is 1870. The summed E-state index contributed by atoms with van der Waals surface area (Å²) in [6.07, 6.45) is 7.73. The normalized spacial score (nSPS) is 28.5. The predicted octanol–water partition coefficient (Wildman–Crippen LogP) is 11.6. The first-order valence-corrected chi connectivity index (χ1v) is 24.9. The maximum Gasteiger partial charge on any atom is 0.339 e. The SMILES string of the molecule is CC1(C)CCC(OC(=O)c2cc3cc(C(=O)OC4CCC(C)(C)NC(C)(C)C4)c(C(=O)OC4CCC(C)(C)NC(C)(C)C4)cc3cc2C(=O)OC2CCC(C)(C)NC(C)(C)C2)CC(C)(C)C1. The molecule has 3 saturated heterocycles. The average molecular weight is 916 g/mol. The van der Waals surface area contributed by atoms with E-state index in [0.29, 0.717) is 62.1 Å². The van der Waals surface area contributed by atoms with E-state index < -0.39 is 42.2 Å². The largest absolute Gasteiger partial charge is 0.459 e. The van der Waals surface area contributed by atoms with Gasteiger partial charge in [0, 0.05) is 52.5 Å². The van der Waals surface area contributed by atoms with Crippen LogP contribution in [-0.2, 0) is 18.9 Å². The minimum Gasteiger partial charge on any atom is -0.459 e. The zero-order valence-electron chi connectivity index (χ0n) is 43.6. The molecule has 0 aromatic heterocycles. The lowest BCUT2D eigenvalue weighted by molar-refractivity contribution is 0.0158. The van der Waals surface area contributed by atoms with Gasteiger partial charge in [-0.05, 0) is 193 Å². The van der Waals surface area contributed by atoms with Gasteiger partial charge in [-0.25, -0.2) is 19.2 Å². The van der Waals surface area contributed by atoms with E-state index in [0.717, 1.165) is 32.1 Å². The average Bonchev–Trinajstić information content (AvgIpc) is 3.43. The van der Waals surface area contributed by atoms with Crippen molar-refractivity contribution in [2.75, 3.05) is 0 Å². The van der Waals surface area contributed by atoms with Crippen LogP contribution in [-0.4, -0.2) is 81.5 Å². The first-order valence-electron chi connectivity index (χ1n) is 24.9. The fourth-order valence-electron chi connectivity index (χ4n) is 12.7. The summed E-state index contributed by atoms with van der Waals surface area (Å²) in [6.45, 7) is 34.5. The van der Waals surface area contributed by atoms with E-state index in [9.17, 15) is 19.2 Å². The first kappa shape index (κ1) is 51.8. The second kappa shape index (κ2) is 18.4. The van der Waals surface area contributed by atoms with Crippen molar-refractivity contribution in [3.63, 3.8) is 0 Å². The van der Waals surface area contributed by atoms with Crippen LogP contribution in [0.15, 0.2) is 24.3 Å². The molecule has 368 valence electrons. The van der Waals surface area contributed by atoms with Gasteiger partial charge in [-0.2, -0.15) is 0 Å². The molecule has 0 radical (unpaired) electrons. The fraction of sp³-hybridized carbons (Fsp3) is 0.745. The number of hydrogen-bond acceptors (Lipinski definition) is 11. The van der Waals surface area contributed by atoms with Crippen molar-refractivity contribution >= 4 is 34.6 Å². The number of hydrogen-bond donors (Lipinski definition) is 3. The van der Waals surface area contributed by atoms with E-state index >= 15 is 0 Å². The molecule has 1 saturated carbocycles. The molecule has 4 fully saturated rings. The van der Waals surface area contributed by atoms with Crippen molar-refractivity contribution in [2.45, 2.75) is 252 Å². The molecular weight excluding hydrogens is 831 g/mol. The van der Waals surface area contributed by atoms with Gasteiger partial charge in [0.05, 0.1) is 22.3 Å². The molecule has 4 unspecified atom stereocenters. The van der Waals surface area contributed by atoms with Crippen LogP contribution in [0.4, 0.5) is 0 Å². The molecule has 0 spiro atoms. The molecule has 0 bridgehead atoms. The lowest BCUT2D eigenvalue weighted by Gasteiger charge is -2.34. The number of rotatable bonds is 8. The van der Waals surface area contributed by atoms with Crippen molar-refractivity contribution in [1.29, 1.82) is 0 Å². The summed E-state index contributed by atoms with van der Waals surface area (Å²) in [5.41, 5.74) is -1.20. The Hall–Kier alpha value is -3.54. The van der Waals surface area contributed by atoms with Crippen LogP contribution in [0.25, 0.3) is 10.8 Å². The zero-order chi connectivity index (χ0) is 49.1. The Morgan fingerprint density at radius 3 is 0.924 bits per heavy atom. The summed E-state index contributed by atoms with van der Waals surface area (Å²) < 4.78 is 25.4. The first-order chi connectivity index (χ1) is 30.1. The highest BCUT2D eigenvalue weighted by atomic mass is 16.6. The van der Waals surface area contributed by atoms with Gasteiger partial charge in [-0.1, -0.05) is 27.7 Å². The molecule has 6 rings (SSSR count). The summed E-state index contributed by atoms with van der Waals surface area (Å²) in [7, 11) is 0. The summed E-state index contributed by atoms with van der Waals surface area (Å²) in [4.78, 5) is 58.5. The molecule has 0 amide bonds. The molecule has 66 heavy (non-hydrogen) atoms. The number of carbonyl (C=O) groups excluding carboxylic acids is 4. The minimum absolute atomic E-state index is 0.0462. The van der Waals surface area contributed by atoms with Crippen LogP contribution >= 0.6 is 0 Å². The van der Waals surface area contributed by atoms with Crippen molar-refractivity contribution in [3.8, 4) is 0 Å². The van der Waals surface area contributed by atoms with Gasteiger partial charge in [0.1, 0.15) is 24.4 Å². The van der Waals surface area contributed by atoms with Gasteiger partial charge in [-0.15, -0.1) is 0 Å². The number of benzene rings is 2. The van der Waals surface area contributed by atoms with Gasteiger partial charge in [0.2, 0.25) is 0 Å². The van der Waals surface area contributed by atoms with E-state index in [-0.39, 0.29) is 72.4 Å². The van der Waals surface area contributed by atoms with E-state index in [4.69, 9.17) is 18.9 Å². The maximum atomic E-state index is 14.6. The lowest BCUT2D eigenvalue weighted by Crippen LogP contribution is -2.51. The quantitative estimate of drug-likeness (QED) is 0.132. The zero-order valence-corrected chi connectivity index (χ0v) is 43.6. The Labute approximate surface area is 396 Å². The van der Waals surface area contributed by atoms with Gasteiger partial charge < -0.3 is 34.9 Å². The molecule has 2 aromatic carbocycles. The highest BCUT2D eigenvalue weighted by molar-refractivity contribution is 6.11. The number of ether oxygens (including phenoxy) is 4. The second-order valence-corrected chi connectivity index (χ2v) is 26.4. The number of carbonyl (C=O) groups is 4. The minimum atomic E-state index is -0.643. The Morgan fingerprint density at radius 1 is 0.379 bits per heavy atom. The third kappa shape index (κ3) is 13.8. The summed E-state index contributed by atoms with van der Waals surface area (Å²) in [5.74, 6) is -2.54. The van der Waals surface area contributed by atoms with Crippen molar-refractivity contribution in [2.24, 2.45) is 10.8 Å². The Kier molecular flexibility index (Phi) is 14.5. The van der Waals surface area contributed by atoms with Crippen LogP contribution in [0.3, 0.4) is 0 Å². The van der Waals surface area contributed by atoms with E-state index in [2.05, 4.69) is 127 Å². The summed E-state index contributed by atoms with van der Waals surface area (Å²) in [5, 5.41) is 12.1. The van der Waals surface area contributed by atoms with Crippen LogP contribution in [0.5, 0.6) is 0 Å². The third-order valence-electron chi connectivity index (χ3n) is 14.5. The van der Waals surface area contributed by atoms with E-state index in [1.165, 1.54) is 0 Å². The predicted molar refractivity (Wildman–Crippen MR) is 262 cm³/mol. The van der Waals surface area contributed by atoms with Crippen LogP contribution in [0.1, 0.15) is 236 Å². The molecule has 1 aliphatic carbocycles. The number of esters is 4. The summed E-state index contributed by atoms with van der Waals surface area (Å²) in [6, 6.07) is 6.47. The second-order valence-electron chi connectivity index (χ2n) is 26.4. The lowest BCUT2D eigenvalue weighted by atomic mass is 9.74. The van der Waals surface area contributed by atoms with Crippen molar-refractivity contribution in [1.82, 2.24) is 16.0 Å². The van der Waals surface area contributed by atoms with Crippen molar-refractivity contribution < 1.29 is 38.1 Å². The Morgan fingerprint density at radius 2 is 0.636 bits per heavy atom. The standard InChI is InChI=1S/C55H85N3O8/c1-48(2)21-17-36(29-49(3,4)33-48)63-44(59)40-25-34-27-42(46(61)65-38-19-23-51(7,8)57-54(13,14)31-38)43(47(62)66-39-20-24-52(9,10)58-55(15,16)32-39)28-35(34)26-41(40)45(60)64-37-18-22-50(5,6)56-53(11,12)30-37/h25-28,36-39,56-58H,17-24,29-33H2,1-16H3. The van der Waals surface area contributed by atoms with Crippen LogP contribution in [0.2, 0.25) is 0 Å². The number of nitrogens with one attached hydrogen (secondary N) is 3. The smallest absolute Gasteiger partial charge is 0.339 e. The van der Waals surface area contributed by atoms with Crippen LogP contribution < -0.4 is 16.0 Å².